The predicted molar refractivity (Wildman–Crippen MR) is 241 cm³/mol. The van der Waals surface area contributed by atoms with E-state index >= 15 is 0 Å². The fourth-order valence-electron chi connectivity index (χ4n) is 5.77. The van der Waals surface area contributed by atoms with Crippen molar-refractivity contribution in [3.63, 3.8) is 0 Å². The van der Waals surface area contributed by atoms with Crippen LogP contribution in [0.1, 0.15) is 86.8 Å². The second kappa shape index (κ2) is 21.6. The number of aldehydes is 1. The molecule has 0 spiro atoms. The highest BCUT2D eigenvalue weighted by molar-refractivity contribution is 9.10. The molecule has 0 saturated carbocycles. The van der Waals surface area contributed by atoms with Crippen LogP contribution in [0.15, 0.2) is 106 Å². The summed E-state index contributed by atoms with van der Waals surface area (Å²) in [6, 6.07) is 28.8. The number of ether oxygens (including phenoxy) is 2. The van der Waals surface area contributed by atoms with Gasteiger partial charge in [-0.3, -0.25) is 23.7 Å². The van der Waals surface area contributed by atoms with Crippen LogP contribution in [0.25, 0.3) is 0 Å². The molecule has 0 aliphatic rings. The molecule has 0 bridgehead atoms. The summed E-state index contributed by atoms with van der Waals surface area (Å²) >= 11 is 7.04. The molecule has 0 radical (unpaired) electrons. The topological polar surface area (TPSA) is 150 Å². The number of aromatic nitrogens is 4. The molecule has 0 aliphatic heterocycles. The van der Waals surface area contributed by atoms with E-state index in [9.17, 15) is 14.4 Å². The van der Waals surface area contributed by atoms with Crippen molar-refractivity contribution in [2.75, 3.05) is 23.8 Å². The van der Waals surface area contributed by atoms with Gasteiger partial charge in [-0.2, -0.15) is 10.2 Å². The summed E-state index contributed by atoms with van der Waals surface area (Å²) < 4.78 is 17.5. The fourth-order valence-corrected chi connectivity index (χ4v) is 6.59. The molecule has 0 aliphatic carbocycles. The Kier molecular flexibility index (Phi) is 16.4. The molecule has 2 heterocycles. The Balaban J connectivity index is 0.000000228. The number of halogens is 2. The summed E-state index contributed by atoms with van der Waals surface area (Å²) in [5, 5.41) is 23.8. The Morgan fingerprint density at radius 3 is 1.47 bits per heavy atom. The Morgan fingerprint density at radius 2 is 1.08 bits per heavy atom. The van der Waals surface area contributed by atoms with Crippen LogP contribution in [-0.4, -0.2) is 56.0 Å². The average Bonchev–Trinajstić information content (AvgIpc) is 3.75. The average molecular weight is 943 g/mol. The third-order valence-electron chi connectivity index (χ3n) is 8.98. The molecule has 0 fully saturated rings. The van der Waals surface area contributed by atoms with Crippen LogP contribution >= 0.6 is 31.9 Å². The maximum Gasteiger partial charge on any atom is 0.256 e. The minimum absolute atomic E-state index is 0.0516. The van der Waals surface area contributed by atoms with Gasteiger partial charge in [0.1, 0.15) is 17.8 Å². The molecule has 14 heteroatoms. The van der Waals surface area contributed by atoms with Crippen molar-refractivity contribution in [2.45, 2.75) is 61.2 Å². The van der Waals surface area contributed by atoms with Gasteiger partial charge in [0.05, 0.1) is 32.9 Å². The normalized spacial score (nSPS) is 10.9. The van der Waals surface area contributed by atoms with Gasteiger partial charge in [-0.1, -0.05) is 83.8 Å². The van der Waals surface area contributed by atoms with Gasteiger partial charge >= 0.3 is 0 Å². The number of amides is 2. The summed E-state index contributed by atoms with van der Waals surface area (Å²) in [6.07, 6.45) is 0.744. The van der Waals surface area contributed by atoms with E-state index in [1.807, 2.05) is 71.7 Å². The van der Waals surface area contributed by atoms with E-state index in [2.05, 4.69) is 80.4 Å². The smallest absolute Gasteiger partial charge is 0.256 e. The number of aliphatic hydroxyl groups excluding tert-OH is 1. The number of hydrogen-bond donors (Lipinski definition) is 3. The first-order valence-corrected chi connectivity index (χ1v) is 21.1. The minimum Gasteiger partial charge on any atom is -0.493 e. The van der Waals surface area contributed by atoms with Crippen molar-refractivity contribution in [3.8, 4) is 11.5 Å². The molecule has 0 unspecified atom stereocenters. The Bertz CT molecular complexity index is 2390. The fraction of sp³-hybridized carbons (Fsp3) is 0.283. The zero-order valence-corrected chi connectivity index (χ0v) is 37.7. The maximum atomic E-state index is 12.5. The number of rotatable bonds is 16. The second-order valence-corrected chi connectivity index (χ2v) is 16.9. The second-order valence-electron chi connectivity index (χ2n) is 15.1. The zero-order chi connectivity index (χ0) is 43.3. The van der Waals surface area contributed by atoms with Gasteiger partial charge in [0.2, 0.25) is 0 Å². The first-order valence-electron chi connectivity index (χ1n) is 19.5. The van der Waals surface area contributed by atoms with Crippen LogP contribution in [0.2, 0.25) is 0 Å². The number of hydrogen-bond acceptors (Lipinski definition) is 8. The Labute approximate surface area is 367 Å². The summed E-state index contributed by atoms with van der Waals surface area (Å²) in [6.45, 7) is 14.6. The molecule has 0 atom stereocenters. The Morgan fingerprint density at radius 1 is 0.667 bits per heavy atom. The highest BCUT2D eigenvalue weighted by Crippen LogP contribution is 2.27. The van der Waals surface area contributed by atoms with E-state index in [1.54, 1.807) is 48.5 Å². The summed E-state index contributed by atoms with van der Waals surface area (Å²) in [7, 11) is 0. The van der Waals surface area contributed by atoms with E-state index in [0.717, 1.165) is 54.8 Å². The van der Waals surface area contributed by atoms with Crippen LogP contribution in [0.5, 0.6) is 11.5 Å². The van der Waals surface area contributed by atoms with E-state index in [0.29, 0.717) is 66.5 Å². The minimum atomic E-state index is -0.277. The highest BCUT2D eigenvalue weighted by Gasteiger charge is 2.15. The van der Waals surface area contributed by atoms with Gasteiger partial charge in [-0.25, -0.2) is 0 Å². The number of aryl methyl sites for hydroxylation is 2. The van der Waals surface area contributed by atoms with E-state index in [1.165, 1.54) is 0 Å². The molecule has 2 aromatic heterocycles. The van der Waals surface area contributed by atoms with Crippen LogP contribution in [0.3, 0.4) is 0 Å². The van der Waals surface area contributed by atoms with Crippen LogP contribution < -0.4 is 20.1 Å². The lowest BCUT2D eigenvalue weighted by molar-refractivity contribution is 0.101. The van der Waals surface area contributed by atoms with Gasteiger partial charge in [0.25, 0.3) is 11.8 Å². The molecule has 2 amide bonds. The number of benzene rings is 4. The lowest BCUT2D eigenvalue weighted by Crippen LogP contribution is -2.13. The quantitative estimate of drug-likeness (QED) is 0.0813. The van der Waals surface area contributed by atoms with E-state index in [-0.39, 0.29) is 18.4 Å². The molecule has 6 aromatic rings. The summed E-state index contributed by atoms with van der Waals surface area (Å²) in [4.78, 5) is 35.7. The summed E-state index contributed by atoms with van der Waals surface area (Å²) in [5.41, 5.74) is 6.10. The van der Waals surface area contributed by atoms with Gasteiger partial charge < -0.3 is 25.2 Å². The van der Waals surface area contributed by atoms with Crippen LogP contribution in [0, 0.1) is 25.7 Å². The Hall–Kier alpha value is -5.57. The number of carbonyl (C=O) groups is 3. The third-order valence-corrected chi connectivity index (χ3v) is 9.97. The molecule has 60 heavy (non-hydrogen) atoms. The molecule has 0 saturated heterocycles. The largest absolute Gasteiger partial charge is 0.493 e. The molecule has 314 valence electrons. The van der Waals surface area contributed by atoms with Gasteiger partial charge in [0.15, 0.2) is 11.6 Å². The van der Waals surface area contributed by atoms with Crippen LogP contribution in [0.4, 0.5) is 11.6 Å². The molecule has 12 nitrogen and oxygen atoms in total. The lowest BCUT2D eigenvalue weighted by atomic mass is 10.1. The number of anilines is 2. The molecule has 3 N–H and O–H groups in total. The summed E-state index contributed by atoms with van der Waals surface area (Å²) in [5.74, 6) is 2.95. The zero-order valence-electron chi connectivity index (χ0n) is 34.5. The highest BCUT2D eigenvalue weighted by atomic mass is 79.9. The first-order chi connectivity index (χ1) is 28.7. The monoisotopic (exact) mass is 940 g/mol. The maximum absolute atomic E-state index is 12.5. The van der Waals surface area contributed by atoms with Crippen molar-refractivity contribution in [3.05, 3.63) is 151 Å². The van der Waals surface area contributed by atoms with Crippen LogP contribution in [-0.2, 0) is 19.7 Å². The van der Waals surface area contributed by atoms with E-state index in [4.69, 9.17) is 14.6 Å². The molecule has 4 aromatic carbocycles. The van der Waals surface area contributed by atoms with Crippen molar-refractivity contribution < 1.29 is 29.0 Å². The van der Waals surface area contributed by atoms with Gasteiger partial charge in [-0.05, 0) is 91.9 Å². The number of nitrogens with one attached hydrogen (secondary N) is 2. The number of carbonyl (C=O) groups excluding carboxylic acids is 3. The predicted octanol–water partition coefficient (Wildman–Crippen LogP) is 9.88. The van der Waals surface area contributed by atoms with Crippen molar-refractivity contribution in [1.29, 1.82) is 0 Å². The first kappa shape index (κ1) is 45.5. The molecule has 6 rings (SSSR count). The van der Waals surface area contributed by atoms with Crippen molar-refractivity contribution >= 4 is 61.6 Å². The third kappa shape index (κ3) is 13.2. The number of aliphatic hydroxyl groups is 1. The SMILES string of the molecule is Cc1cc(NC(=O)c2ccc(C=O)cc2)nn1Cc1cc(Br)ccc1OCC(C)C.Cc1cc(NC(=O)c2ccc(CO)cc2)nn1Cc1cc(Br)ccc1OCC(C)C. The molecular weight excluding hydrogens is 892 g/mol. The lowest BCUT2D eigenvalue weighted by Gasteiger charge is -2.14. The van der Waals surface area contributed by atoms with Gasteiger partial charge in [-0.15, -0.1) is 0 Å². The van der Waals surface area contributed by atoms with Gasteiger partial charge in [0, 0.05) is 60.3 Å². The number of nitrogens with zero attached hydrogens (tertiary/aromatic N) is 4. The van der Waals surface area contributed by atoms with Crippen molar-refractivity contribution in [2.24, 2.45) is 11.8 Å². The van der Waals surface area contributed by atoms with E-state index < -0.39 is 0 Å². The molecular formula is C46H50Br2N6O6. The van der Waals surface area contributed by atoms with Crippen molar-refractivity contribution in [1.82, 2.24) is 19.6 Å². The standard InChI is InChI=1S/C23H26BrN3O3.C23H24BrN3O3/c2*1-15(2)14-30-21-9-8-20(24)11-19(21)12-27-16(3)10-22(26-27)25-23(29)18-6-4-17(13-28)5-7-18/h4-11,15,28H,12-14H2,1-3H3,(H,25,26,29);4-11,13,15H,12,14H2,1-3H3,(H,25,26,29).